The Hall–Kier alpha value is -3.76. The van der Waals surface area contributed by atoms with Gasteiger partial charge in [-0.15, -0.1) is 0 Å². The van der Waals surface area contributed by atoms with Gasteiger partial charge in [0.05, 0.1) is 23.6 Å². The van der Waals surface area contributed by atoms with Gasteiger partial charge in [0.15, 0.2) is 5.82 Å². The number of aromatic nitrogens is 4. The van der Waals surface area contributed by atoms with Crippen LogP contribution in [0.15, 0.2) is 86.9 Å². The first-order valence-corrected chi connectivity index (χ1v) is 15.8. The van der Waals surface area contributed by atoms with Gasteiger partial charge in [0, 0.05) is 53.5 Å². The van der Waals surface area contributed by atoms with Crippen LogP contribution in [-0.2, 0) is 19.3 Å². The van der Waals surface area contributed by atoms with Crippen molar-refractivity contribution in [3.63, 3.8) is 0 Å². The van der Waals surface area contributed by atoms with Crippen LogP contribution in [0.4, 0.5) is 0 Å². The molecule has 2 aromatic heterocycles. The van der Waals surface area contributed by atoms with Crippen LogP contribution in [0.1, 0.15) is 68.6 Å². The summed E-state index contributed by atoms with van der Waals surface area (Å²) in [5.74, 6) is 1.27. The van der Waals surface area contributed by atoms with Crippen molar-refractivity contribution in [2.75, 3.05) is 0 Å². The summed E-state index contributed by atoms with van der Waals surface area (Å²) in [5.41, 5.74) is 5.88. The Morgan fingerprint density at radius 2 is 1.63 bits per heavy atom. The summed E-state index contributed by atoms with van der Waals surface area (Å²) in [7, 11) is 0. The summed E-state index contributed by atoms with van der Waals surface area (Å²) in [5, 5.41) is 13.7. The number of aliphatic hydroxyl groups excluding tert-OH is 1. The zero-order valence-corrected chi connectivity index (χ0v) is 28.7. The van der Waals surface area contributed by atoms with Crippen molar-refractivity contribution in [3.8, 4) is 34.0 Å². The number of rotatable bonds is 10. The van der Waals surface area contributed by atoms with Crippen molar-refractivity contribution < 1.29 is 14.4 Å². The van der Waals surface area contributed by atoms with Crippen molar-refractivity contribution in [3.05, 3.63) is 116 Å². The molecule has 1 fully saturated rings. The van der Waals surface area contributed by atoms with E-state index < -0.39 is 5.76 Å². The van der Waals surface area contributed by atoms with Gasteiger partial charge >= 0.3 is 5.76 Å². The van der Waals surface area contributed by atoms with Gasteiger partial charge < -0.3 is 9.84 Å². The number of aliphatic hydroxyl groups is 1. The minimum Gasteiger partial charge on any atom is -0.490 e. The fourth-order valence-corrected chi connectivity index (χ4v) is 6.10. The van der Waals surface area contributed by atoms with Crippen molar-refractivity contribution in [2.24, 2.45) is 0 Å². The Labute approximate surface area is 290 Å². The van der Waals surface area contributed by atoms with Gasteiger partial charge in [-0.2, -0.15) is 0 Å². The quantitative estimate of drug-likeness (QED) is 0.192. The molecule has 2 N–H and O–H groups in total. The summed E-state index contributed by atoms with van der Waals surface area (Å²) in [6, 6.07) is 23.4. The molecule has 5 aromatic rings. The number of ether oxygens (including phenoxy) is 1. The normalized spacial score (nSPS) is 16.2. The third-order valence-corrected chi connectivity index (χ3v) is 8.44. The van der Waals surface area contributed by atoms with E-state index in [1.54, 1.807) is 4.57 Å². The second-order valence-corrected chi connectivity index (χ2v) is 11.6. The molecule has 0 aliphatic heterocycles. The van der Waals surface area contributed by atoms with Crippen molar-refractivity contribution >= 4 is 29.6 Å². The summed E-state index contributed by atoms with van der Waals surface area (Å²) in [6.07, 6.45) is 5.76. The molecule has 1 aliphatic rings. The fraction of sp³-hybridized carbons (Fsp3) is 0.333. The van der Waals surface area contributed by atoms with Crippen LogP contribution in [-0.4, -0.2) is 66.6 Å². The van der Waals surface area contributed by atoms with Crippen LogP contribution >= 0.6 is 0 Å². The molecule has 0 saturated heterocycles. The maximum absolute atomic E-state index is 14.2. The second kappa shape index (κ2) is 15.2. The first-order chi connectivity index (χ1) is 21.9. The van der Waals surface area contributed by atoms with Gasteiger partial charge in [0.1, 0.15) is 11.6 Å². The summed E-state index contributed by atoms with van der Waals surface area (Å²) in [4.78, 5) is 33.4. The van der Waals surface area contributed by atoms with Gasteiger partial charge in [-0.1, -0.05) is 74.0 Å². The largest absolute Gasteiger partial charge is 0.490 e. The Bertz CT molecular complexity index is 1870. The molecule has 2 heterocycles. The summed E-state index contributed by atoms with van der Waals surface area (Å²) < 4.78 is 12.6. The van der Waals surface area contributed by atoms with Crippen LogP contribution in [0.25, 0.3) is 28.2 Å². The number of nitrogens with zero attached hydrogens (tertiary/aromatic N) is 3. The number of aromatic amines is 1. The molecule has 1 saturated carbocycles. The molecule has 10 heteroatoms. The second-order valence-electron chi connectivity index (χ2n) is 11.6. The summed E-state index contributed by atoms with van der Waals surface area (Å²) >= 11 is 0. The minimum atomic E-state index is -0.600. The first kappa shape index (κ1) is 33.6. The SMILES string of the molecule is CCCc1nc(CC)n(-c2ccc(OC3CCC(O)CC3)cc2)c(=O)c1Cc1ccc(-c2ccccc2-c2noc(=O)[nH]2)cc1.[Na]. The average Bonchev–Trinajstić information content (AvgIpc) is 3.50. The maximum Gasteiger partial charge on any atom is 0.439 e. The van der Waals surface area contributed by atoms with E-state index in [2.05, 4.69) is 17.1 Å². The van der Waals surface area contributed by atoms with E-state index in [1.807, 2.05) is 79.7 Å². The Balaban J connectivity index is 0.00000417. The number of hydrogen-bond donors (Lipinski definition) is 2. The maximum atomic E-state index is 14.2. The van der Waals surface area contributed by atoms with Crippen LogP contribution in [0, 0.1) is 0 Å². The number of benzene rings is 3. The van der Waals surface area contributed by atoms with E-state index in [0.717, 1.165) is 83.7 Å². The van der Waals surface area contributed by atoms with Gasteiger partial charge in [0.2, 0.25) is 0 Å². The smallest absolute Gasteiger partial charge is 0.439 e. The molecule has 6 rings (SSSR count). The Morgan fingerprint density at radius 1 is 0.935 bits per heavy atom. The van der Waals surface area contributed by atoms with Gasteiger partial charge in [-0.05, 0) is 73.1 Å². The van der Waals surface area contributed by atoms with Gasteiger partial charge in [-0.25, -0.2) is 9.78 Å². The standard InChI is InChI=1S/C36H38N4O5.Na/c1-3-7-32-31(22-23-10-12-24(13-11-23)29-8-5-6-9-30(29)34-38-36(43)45-39-34)35(42)40(33(4-2)37-32)25-14-18-27(19-15-25)44-28-20-16-26(41)17-21-28;/h5-6,8-15,18-19,26,28,41H,3-4,7,16-17,20-22H2,1-2H3,(H,38,39,43);. The van der Waals surface area contributed by atoms with Crippen LogP contribution in [0.2, 0.25) is 0 Å². The number of H-pyrrole nitrogens is 1. The third-order valence-electron chi connectivity index (χ3n) is 8.44. The Kier molecular flexibility index (Phi) is 11.1. The molecule has 3 aromatic carbocycles. The molecular formula is C36H38N4NaO5. The van der Waals surface area contributed by atoms with E-state index in [9.17, 15) is 14.7 Å². The molecule has 0 bridgehead atoms. The minimum absolute atomic E-state index is 0. The molecule has 9 nitrogen and oxygen atoms in total. The number of aryl methyl sites for hydroxylation is 2. The number of nitrogens with one attached hydrogen (secondary N) is 1. The predicted octanol–water partition coefficient (Wildman–Crippen LogP) is 5.65. The van der Waals surface area contributed by atoms with Gasteiger partial charge in [0.25, 0.3) is 5.56 Å². The van der Waals surface area contributed by atoms with Crippen molar-refractivity contribution in [1.82, 2.24) is 19.7 Å². The third kappa shape index (κ3) is 7.44. The Morgan fingerprint density at radius 3 is 2.26 bits per heavy atom. The zero-order chi connectivity index (χ0) is 31.3. The topological polar surface area (TPSA) is 123 Å². The molecule has 0 atom stereocenters. The van der Waals surface area contributed by atoms with Crippen molar-refractivity contribution in [2.45, 2.75) is 77.4 Å². The number of hydrogen-bond acceptors (Lipinski definition) is 7. The fourth-order valence-electron chi connectivity index (χ4n) is 6.10. The van der Waals surface area contributed by atoms with Crippen LogP contribution in [0.3, 0.4) is 0 Å². The molecule has 233 valence electrons. The predicted molar refractivity (Wildman–Crippen MR) is 179 cm³/mol. The van der Waals surface area contributed by atoms with E-state index in [1.165, 1.54) is 0 Å². The molecule has 1 radical (unpaired) electrons. The van der Waals surface area contributed by atoms with E-state index >= 15 is 0 Å². The molecule has 0 spiro atoms. The summed E-state index contributed by atoms with van der Waals surface area (Å²) in [6.45, 7) is 4.12. The molecule has 1 aliphatic carbocycles. The van der Waals surface area contributed by atoms with Crippen LogP contribution < -0.4 is 16.1 Å². The van der Waals surface area contributed by atoms with E-state index in [4.69, 9.17) is 14.2 Å². The zero-order valence-electron chi connectivity index (χ0n) is 26.7. The van der Waals surface area contributed by atoms with E-state index in [0.29, 0.717) is 24.2 Å². The molecule has 0 amide bonds. The van der Waals surface area contributed by atoms with Crippen LogP contribution in [0.5, 0.6) is 5.75 Å². The van der Waals surface area contributed by atoms with E-state index in [-0.39, 0.29) is 47.3 Å². The van der Waals surface area contributed by atoms with Gasteiger partial charge in [-0.3, -0.25) is 18.9 Å². The molecule has 46 heavy (non-hydrogen) atoms. The molecule has 0 unspecified atom stereocenters. The average molecular weight is 630 g/mol. The first-order valence-electron chi connectivity index (χ1n) is 15.8. The molecular weight excluding hydrogens is 591 g/mol. The van der Waals surface area contributed by atoms with Crippen molar-refractivity contribution in [1.29, 1.82) is 0 Å². The monoisotopic (exact) mass is 629 g/mol.